The van der Waals surface area contributed by atoms with Crippen LogP contribution in [0.2, 0.25) is 0 Å². The first kappa shape index (κ1) is 20.4. The zero-order valence-corrected chi connectivity index (χ0v) is 18.0. The lowest BCUT2D eigenvalue weighted by Crippen LogP contribution is -2.32. The first-order chi connectivity index (χ1) is 15.0. The van der Waals surface area contributed by atoms with Gasteiger partial charge in [-0.2, -0.15) is 0 Å². The fourth-order valence-electron chi connectivity index (χ4n) is 3.60. The van der Waals surface area contributed by atoms with Crippen LogP contribution >= 0.6 is 0 Å². The molecule has 1 aliphatic heterocycles. The Labute approximate surface area is 182 Å². The molecule has 3 aromatic carbocycles. The molecule has 0 N–H and O–H groups in total. The van der Waals surface area contributed by atoms with Gasteiger partial charge in [-0.25, -0.2) is 4.99 Å². The normalized spacial score (nSPS) is 14.7. The SMILES string of the molecule is COc1ccc(/C=C2/N=C(c3cccc(C)c3)N(c3cccc(C)c3)C2=O)cc1OC. The largest absolute Gasteiger partial charge is 0.493 e. The summed E-state index contributed by atoms with van der Waals surface area (Å²) in [4.78, 5) is 19.9. The molecule has 31 heavy (non-hydrogen) atoms. The molecule has 156 valence electrons. The fourth-order valence-corrected chi connectivity index (χ4v) is 3.60. The summed E-state index contributed by atoms with van der Waals surface area (Å²) < 4.78 is 10.7. The number of nitrogens with zero attached hydrogens (tertiary/aromatic N) is 2. The number of methoxy groups -OCH3 is 2. The van der Waals surface area contributed by atoms with Gasteiger partial charge in [-0.1, -0.05) is 42.0 Å². The van der Waals surface area contributed by atoms with Crippen molar-refractivity contribution < 1.29 is 14.3 Å². The zero-order valence-electron chi connectivity index (χ0n) is 18.0. The van der Waals surface area contributed by atoms with E-state index >= 15 is 0 Å². The highest BCUT2D eigenvalue weighted by Crippen LogP contribution is 2.31. The number of amides is 1. The molecule has 3 aromatic rings. The monoisotopic (exact) mass is 412 g/mol. The minimum Gasteiger partial charge on any atom is -0.493 e. The van der Waals surface area contributed by atoms with Crippen LogP contribution in [0.1, 0.15) is 22.3 Å². The van der Waals surface area contributed by atoms with Crippen molar-refractivity contribution in [3.05, 3.63) is 94.7 Å². The number of ether oxygens (including phenoxy) is 2. The highest BCUT2D eigenvalue weighted by Gasteiger charge is 2.32. The molecule has 5 nitrogen and oxygen atoms in total. The third-order valence-corrected chi connectivity index (χ3v) is 5.11. The van der Waals surface area contributed by atoms with Gasteiger partial charge < -0.3 is 9.47 Å². The quantitative estimate of drug-likeness (QED) is 0.544. The Morgan fingerprint density at radius 1 is 0.839 bits per heavy atom. The molecule has 0 aliphatic carbocycles. The van der Waals surface area contributed by atoms with Crippen LogP contribution < -0.4 is 14.4 Å². The van der Waals surface area contributed by atoms with E-state index in [2.05, 4.69) is 0 Å². The predicted octanol–water partition coefficient (Wildman–Crippen LogP) is 5.16. The number of carbonyl (C=O) groups excluding carboxylic acids is 1. The van der Waals surface area contributed by atoms with Crippen molar-refractivity contribution in [1.82, 2.24) is 0 Å². The molecule has 0 aromatic heterocycles. The molecular weight excluding hydrogens is 388 g/mol. The van der Waals surface area contributed by atoms with E-state index in [4.69, 9.17) is 14.5 Å². The van der Waals surface area contributed by atoms with Gasteiger partial charge in [0.15, 0.2) is 11.5 Å². The second-order valence-corrected chi connectivity index (χ2v) is 7.43. The van der Waals surface area contributed by atoms with Gasteiger partial charge in [0.25, 0.3) is 5.91 Å². The summed E-state index contributed by atoms with van der Waals surface area (Å²) in [5.41, 5.74) is 5.04. The Kier molecular flexibility index (Phi) is 5.58. The predicted molar refractivity (Wildman–Crippen MR) is 124 cm³/mol. The van der Waals surface area contributed by atoms with Crippen LogP contribution in [-0.4, -0.2) is 26.0 Å². The van der Waals surface area contributed by atoms with E-state index in [1.807, 2.05) is 80.6 Å². The van der Waals surface area contributed by atoms with E-state index in [1.54, 1.807) is 25.2 Å². The summed E-state index contributed by atoms with van der Waals surface area (Å²) >= 11 is 0. The van der Waals surface area contributed by atoms with Gasteiger partial charge in [0.1, 0.15) is 11.5 Å². The van der Waals surface area contributed by atoms with Crippen LogP contribution in [0.5, 0.6) is 11.5 Å². The summed E-state index contributed by atoms with van der Waals surface area (Å²) in [5, 5.41) is 0. The zero-order chi connectivity index (χ0) is 22.0. The second-order valence-electron chi connectivity index (χ2n) is 7.43. The van der Waals surface area contributed by atoms with Gasteiger partial charge in [-0.05, 0) is 61.4 Å². The van der Waals surface area contributed by atoms with Crippen molar-refractivity contribution in [3.8, 4) is 11.5 Å². The lowest BCUT2D eigenvalue weighted by atomic mass is 10.1. The molecule has 0 fully saturated rings. The van der Waals surface area contributed by atoms with Crippen molar-refractivity contribution in [3.63, 3.8) is 0 Å². The Hall–Kier alpha value is -3.86. The molecule has 0 atom stereocenters. The minimum atomic E-state index is -0.170. The van der Waals surface area contributed by atoms with Gasteiger partial charge in [0.2, 0.25) is 0 Å². The number of rotatable bonds is 5. The van der Waals surface area contributed by atoms with Crippen molar-refractivity contribution in [2.75, 3.05) is 19.1 Å². The van der Waals surface area contributed by atoms with Crippen LogP contribution in [0.25, 0.3) is 6.08 Å². The lowest BCUT2D eigenvalue weighted by molar-refractivity contribution is -0.113. The smallest absolute Gasteiger partial charge is 0.282 e. The maximum Gasteiger partial charge on any atom is 0.282 e. The molecule has 0 saturated heterocycles. The van der Waals surface area contributed by atoms with Gasteiger partial charge >= 0.3 is 0 Å². The molecule has 0 radical (unpaired) electrons. The van der Waals surface area contributed by atoms with E-state index in [0.717, 1.165) is 27.9 Å². The number of aliphatic imine (C=N–C) groups is 1. The average molecular weight is 412 g/mol. The molecule has 0 bridgehead atoms. The second kappa shape index (κ2) is 8.48. The molecule has 1 aliphatic rings. The third-order valence-electron chi connectivity index (χ3n) is 5.11. The molecule has 1 amide bonds. The Balaban J connectivity index is 1.82. The Morgan fingerprint density at radius 2 is 1.55 bits per heavy atom. The van der Waals surface area contributed by atoms with E-state index in [9.17, 15) is 4.79 Å². The van der Waals surface area contributed by atoms with Crippen LogP contribution in [-0.2, 0) is 4.79 Å². The highest BCUT2D eigenvalue weighted by atomic mass is 16.5. The maximum atomic E-state index is 13.5. The van der Waals surface area contributed by atoms with Crippen molar-refractivity contribution in [1.29, 1.82) is 0 Å². The minimum absolute atomic E-state index is 0.170. The standard InChI is InChI=1S/C26H24N2O3/c1-17-7-5-9-20(13-17)25-27-22(15-19-11-12-23(30-3)24(16-19)31-4)26(29)28(25)21-10-6-8-18(2)14-21/h5-16H,1-4H3/b22-15+. The van der Waals surface area contributed by atoms with Crippen molar-refractivity contribution in [2.24, 2.45) is 4.99 Å². The van der Waals surface area contributed by atoms with E-state index < -0.39 is 0 Å². The molecule has 1 heterocycles. The number of benzene rings is 3. The summed E-state index contributed by atoms with van der Waals surface area (Å²) in [6.07, 6.45) is 1.77. The Morgan fingerprint density at radius 3 is 2.23 bits per heavy atom. The van der Waals surface area contributed by atoms with Crippen LogP contribution in [0.3, 0.4) is 0 Å². The van der Waals surface area contributed by atoms with Crippen LogP contribution in [0.4, 0.5) is 5.69 Å². The summed E-state index contributed by atoms with van der Waals surface area (Å²) in [6.45, 7) is 4.03. The summed E-state index contributed by atoms with van der Waals surface area (Å²) in [5.74, 6) is 1.68. The van der Waals surface area contributed by atoms with Gasteiger partial charge in [0, 0.05) is 5.56 Å². The molecule has 0 spiro atoms. The number of anilines is 1. The van der Waals surface area contributed by atoms with Crippen molar-refractivity contribution in [2.45, 2.75) is 13.8 Å². The topological polar surface area (TPSA) is 51.1 Å². The summed E-state index contributed by atoms with van der Waals surface area (Å²) in [6, 6.07) is 21.4. The molecular formula is C26H24N2O3. The van der Waals surface area contributed by atoms with Crippen molar-refractivity contribution >= 4 is 23.5 Å². The number of hydrogen-bond acceptors (Lipinski definition) is 4. The van der Waals surface area contributed by atoms with E-state index in [1.165, 1.54) is 0 Å². The number of aryl methyl sites for hydroxylation is 2. The van der Waals surface area contributed by atoms with Gasteiger partial charge in [-0.15, -0.1) is 0 Å². The molecule has 4 rings (SSSR count). The maximum absolute atomic E-state index is 13.5. The van der Waals surface area contributed by atoms with E-state index in [-0.39, 0.29) is 5.91 Å². The highest BCUT2D eigenvalue weighted by molar-refractivity contribution is 6.33. The first-order valence-corrected chi connectivity index (χ1v) is 10.0. The molecule has 0 unspecified atom stereocenters. The molecule has 0 saturated carbocycles. The summed E-state index contributed by atoms with van der Waals surface area (Å²) in [7, 11) is 3.18. The first-order valence-electron chi connectivity index (χ1n) is 10.0. The third kappa shape index (κ3) is 4.08. The fraction of sp³-hybridized carbons (Fsp3) is 0.154. The lowest BCUT2D eigenvalue weighted by Gasteiger charge is -2.19. The number of amidine groups is 1. The number of carbonyl (C=O) groups is 1. The van der Waals surface area contributed by atoms with Crippen LogP contribution in [0.15, 0.2) is 77.4 Å². The Bertz CT molecular complexity index is 1210. The molecule has 5 heteroatoms. The van der Waals surface area contributed by atoms with Gasteiger partial charge in [-0.3, -0.25) is 9.69 Å². The number of hydrogen-bond donors (Lipinski definition) is 0. The van der Waals surface area contributed by atoms with Gasteiger partial charge in [0.05, 0.1) is 19.9 Å². The average Bonchev–Trinajstić information content (AvgIpc) is 3.09. The van der Waals surface area contributed by atoms with Crippen LogP contribution in [0, 0.1) is 13.8 Å². The van der Waals surface area contributed by atoms with E-state index in [0.29, 0.717) is 23.0 Å².